The minimum Gasteiger partial charge on any atom is -0.481 e. The van der Waals surface area contributed by atoms with Crippen LogP contribution >= 0.6 is 0 Å². The lowest BCUT2D eigenvalue weighted by Gasteiger charge is -1.99. The third-order valence-electron chi connectivity index (χ3n) is 1.56. The van der Waals surface area contributed by atoms with Crippen LogP contribution in [0.3, 0.4) is 0 Å². The molecule has 1 aromatic heterocycles. The van der Waals surface area contributed by atoms with Gasteiger partial charge >= 0.3 is 5.97 Å². The van der Waals surface area contributed by atoms with Gasteiger partial charge in [-0.15, -0.1) is 0 Å². The molecule has 0 bridgehead atoms. The highest BCUT2D eigenvalue weighted by molar-refractivity contribution is 5.74. The van der Waals surface area contributed by atoms with Gasteiger partial charge < -0.3 is 9.52 Å². The van der Waals surface area contributed by atoms with E-state index in [1.807, 2.05) is 0 Å². The fraction of sp³-hybridized carbons (Fsp3) is 0.375. The fourth-order valence-corrected chi connectivity index (χ4v) is 0.808. The molecular formula is C8H10O3. The maximum atomic E-state index is 10.4. The number of carboxylic acids is 1. The molecule has 11 heavy (non-hydrogen) atoms. The Morgan fingerprint density at radius 3 is 2.64 bits per heavy atom. The van der Waals surface area contributed by atoms with Gasteiger partial charge in [-0.05, 0) is 26.0 Å². The number of hydrogen-bond donors (Lipinski definition) is 1. The van der Waals surface area contributed by atoms with Crippen molar-refractivity contribution in [2.24, 2.45) is 0 Å². The Morgan fingerprint density at radius 1 is 1.64 bits per heavy atom. The molecule has 0 aliphatic heterocycles. The summed E-state index contributed by atoms with van der Waals surface area (Å²) in [5.41, 5.74) is 0. The van der Waals surface area contributed by atoms with Crippen molar-refractivity contribution in [2.45, 2.75) is 19.8 Å². The Morgan fingerprint density at radius 2 is 2.27 bits per heavy atom. The number of carboxylic acid groups (broad SMARTS) is 1. The van der Waals surface area contributed by atoms with Crippen LogP contribution in [0, 0.1) is 6.92 Å². The number of furan rings is 1. The summed E-state index contributed by atoms with van der Waals surface area (Å²) < 4.78 is 5.13. The number of rotatable bonds is 2. The smallest absolute Gasteiger partial charge is 0.313 e. The third kappa shape index (κ3) is 1.61. The zero-order valence-corrected chi connectivity index (χ0v) is 6.50. The van der Waals surface area contributed by atoms with Crippen molar-refractivity contribution in [3.63, 3.8) is 0 Å². The van der Waals surface area contributed by atoms with Crippen LogP contribution < -0.4 is 0 Å². The molecule has 0 radical (unpaired) electrons. The molecule has 1 N–H and O–H groups in total. The maximum Gasteiger partial charge on any atom is 0.313 e. The first-order valence-electron chi connectivity index (χ1n) is 3.40. The van der Waals surface area contributed by atoms with E-state index in [1.54, 1.807) is 26.0 Å². The van der Waals surface area contributed by atoms with Crippen molar-refractivity contribution >= 4 is 5.97 Å². The monoisotopic (exact) mass is 154 g/mol. The van der Waals surface area contributed by atoms with Crippen molar-refractivity contribution in [1.82, 2.24) is 0 Å². The quantitative estimate of drug-likeness (QED) is 0.706. The summed E-state index contributed by atoms with van der Waals surface area (Å²) in [6, 6.07) is 3.45. The van der Waals surface area contributed by atoms with Gasteiger partial charge in [0.25, 0.3) is 0 Å². The SMILES string of the molecule is Cc1ccc(C(C)C(=O)O)o1. The van der Waals surface area contributed by atoms with E-state index in [9.17, 15) is 4.79 Å². The molecule has 0 spiro atoms. The molecule has 0 fully saturated rings. The molecule has 0 amide bonds. The summed E-state index contributed by atoms with van der Waals surface area (Å²) in [5.74, 6) is -0.161. The van der Waals surface area contributed by atoms with Crippen LogP contribution in [0.15, 0.2) is 16.5 Å². The summed E-state index contributed by atoms with van der Waals surface area (Å²) in [4.78, 5) is 10.4. The highest BCUT2D eigenvalue weighted by Gasteiger charge is 2.16. The van der Waals surface area contributed by atoms with Crippen molar-refractivity contribution in [3.8, 4) is 0 Å². The maximum absolute atomic E-state index is 10.4. The highest BCUT2D eigenvalue weighted by atomic mass is 16.4. The summed E-state index contributed by atoms with van der Waals surface area (Å²) in [7, 11) is 0. The predicted octanol–water partition coefficient (Wildman–Crippen LogP) is 1.78. The van der Waals surface area contributed by atoms with E-state index in [2.05, 4.69) is 0 Å². The Kier molecular flexibility index (Phi) is 1.98. The molecule has 0 saturated heterocycles. The van der Waals surface area contributed by atoms with Gasteiger partial charge in [0.1, 0.15) is 17.4 Å². The average Bonchev–Trinajstić information content (AvgIpc) is 2.34. The van der Waals surface area contributed by atoms with Crippen molar-refractivity contribution in [2.75, 3.05) is 0 Å². The zero-order valence-electron chi connectivity index (χ0n) is 6.50. The molecule has 1 atom stereocenters. The zero-order chi connectivity index (χ0) is 8.43. The second kappa shape index (κ2) is 2.78. The molecule has 3 heteroatoms. The molecule has 1 heterocycles. The van der Waals surface area contributed by atoms with E-state index in [0.717, 1.165) is 5.76 Å². The Labute approximate surface area is 64.6 Å². The molecule has 1 rings (SSSR count). The van der Waals surface area contributed by atoms with Gasteiger partial charge in [0.15, 0.2) is 0 Å². The first kappa shape index (κ1) is 7.85. The van der Waals surface area contributed by atoms with Crippen LogP contribution in [-0.2, 0) is 4.79 Å². The van der Waals surface area contributed by atoms with E-state index >= 15 is 0 Å². The Bertz CT molecular complexity index is 262. The van der Waals surface area contributed by atoms with Crippen molar-refractivity contribution < 1.29 is 14.3 Å². The first-order chi connectivity index (χ1) is 5.11. The highest BCUT2D eigenvalue weighted by Crippen LogP contribution is 2.17. The predicted molar refractivity (Wildman–Crippen MR) is 39.5 cm³/mol. The van der Waals surface area contributed by atoms with E-state index < -0.39 is 11.9 Å². The average molecular weight is 154 g/mol. The van der Waals surface area contributed by atoms with Gasteiger partial charge in [-0.25, -0.2) is 0 Å². The second-order valence-corrected chi connectivity index (χ2v) is 2.51. The van der Waals surface area contributed by atoms with Gasteiger partial charge in [-0.3, -0.25) is 4.79 Å². The largest absolute Gasteiger partial charge is 0.481 e. The number of hydrogen-bond acceptors (Lipinski definition) is 2. The molecule has 0 aromatic carbocycles. The third-order valence-corrected chi connectivity index (χ3v) is 1.56. The van der Waals surface area contributed by atoms with Gasteiger partial charge in [0.2, 0.25) is 0 Å². The molecule has 1 unspecified atom stereocenters. The lowest BCUT2D eigenvalue weighted by molar-refractivity contribution is -0.138. The minimum absolute atomic E-state index is 0.509. The molecule has 3 nitrogen and oxygen atoms in total. The van der Waals surface area contributed by atoms with E-state index in [0.29, 0.717) is 5.76 Å². The van der Waals surface area contributed by atoms with Gasteiger partial charge in [0, 0.05) is 0 Å². The summed E-state index contributed by atoms with van der Waals surface area (Å²) in [6.07, 6.45) is 0. The molecule has 1 aromatic rings. The molecule has 60 valence electrons. The second-order valence-electron chi connectivity index (χ2n) is 2.51. The normalized spacial score (nSPS) is 12.9. The van der Waals surface area contributed by atoms with Crippen LogP contribution in [0.5, 0.6) is 0 Å². The van der Waals surface area contributed by atoms with E-state index in [4.69, 9.17) is 9.52 Å². The summed E-state index contributed by atoms with van der Waals surface area (Å²) in [6.45, 7) is 3.39. The van der Waals surface area contributed by atoms with Gasteiger partial charge in [-0.2, -0.15) is 0 Å². The number of carbonyl (C=O) groups is 1. The van der Waals surface area contributed by atoms with E-state index in [-0.39, 0.29) is 0 Å². The molecular weight excluding hydrogens is 144 g/mol. The van der Waals surface area contributed by atoms with Crippen LogP contribution in [0.2, 0.25) is 0 Å². The first-order valence-corrected chi connectivity index (χ1v) is 3.40. The Balaban J connectivity index is 2.84. The molecule has 0 aliphatic rings. The van der Waals surface area contributed by atoms with Crippen molar-refractivity contribution in [3.05, 3.63) is 23.7 Å². The van der Waals surface area contributed by atoms with Crippen LogP contribution in [-0.4, -0.2) is 11.1 Å². The summed E-state index contributed by atoms with van der Waals surface area (Å²) >= 11 is 0. The van der Waals surface area contributed by atoms with Crippen LogP contribution in [0.4, 0.5) is 0 Å². The standard InChI is InChI=1S/C8H10O3/c1-5-3-4-7(11-5)6(2)8(9)10/h3-4,6H,1-2H3,(H,9,10). The van der Waals surface area contributed by atoms with Crippen molar-refractivity contribution in [1.29, 1.82) is 0 Å². The van der Waals surface area contributed by atoms with E-state index in [1.165, 1.54) is 0 Å². The fourth-order valence-electron chi connectivity index (χ4n) is 0.808. The topological polar surface area (TPSA) is 50.4 Å². The van der Waals surface area contributed by atoms with Gasteiger partial charge in [-0.1, -0.05) is 0 Å². The van der Waals surface area contributed by atoms with Gasteiger partial charge in [0.05, 0.1) is 0 Å². The lowest BCUT2D eigenvalue weighted by Crippen LogP contribution is -2.05. The lowest BCUT2D eigenvalue weighted by atomic mass is 10.1. The molecule has 0 saturated carbocycles. The van der Waals surface area contributed by atoms with Crippen LogP contribution in [0.1, 0.15) is 24.4 Å². The Hall–Kier alpha value is -1.25. The minimum atomic E-state index is -0.862. The number of aryl methyl sites for hydroxylation is 1. The molecule has 0 aliphatic carbocycles. The number of aliphatic carboxylic acids is 1. The summed E-state index contributed by atoms with van der Waals surface area (Å²) in [5, 5.41) is 8.58. The van der Waals surface area contributed by atoms with Crippen LogP contribution in [0.25, 0.3) is 0 Å².